The number of ketones is 1. The molecular weight excluding hydrogens is 297 g/mol. The quantitative estimate of drug-likeness (QED) is 0.656. The van der Waals surface area contributed by atoms with Crippen molar-refractivity contribution < 1.29 is 9.18 Å². The molecule has 1 aliphatic rings. The molecule has 0 atom stereocenters. The number of aromatic nitrogens is 2. The minimum atomic E-state index is -0.339. The summed E-state index contributed by atoms with van der Waals surface area (Å²) in [4.78, 5) is 11.9. The second-order valence-corrected chi connectivity index (χ2v) is 6.71. The van der Waals surface area contributed by atoms with Crippen LogP contribution in [0.25, 0.3) is 0 Å². The average molecular weight is 309 g/mol. The summed E-state index contributed by atoms with van der Waals surface area (Å²) in [6, 6.07) is 6.12. The zero-order chi connectivity index (χ0) is 13.9. The van der Waals surface area contributed by atoms with Crippen LogP contribution in [0.2, 0.25) is 0 Å². The van der Waals surface area contributed by atoms with E-state index in [1.165, 1.54) is 60.2 Å². The third-order valence-electron chi connectivity index (χ3n) is 2.80. The van der Waals surface area contributed by atoms with Crippen LogP contribution >= 0.6 is 23.1 Å². The van der Waals surface area contributed by atoms with E-state index >= 15 is 0 Å². The highest BCUT2D eigenvalue weighted by atomic mass is 32.2. The van der Waals surface area contributed by atoms with Gasteiger partial charge in [0, 0.05) is 11.6 Å². The van der Waals surface area contributed by atoms with E-state index in [0.29, 0.717) is 11.6 Å². The van der Waals surface area contributed by atoms with Crippen molar-refractivity contribution in [2.24, 2.45) is 0 Å². The molecule has 1 aromatic heterocycles. The van der Waals surface area contributed by atoms with Crippen molar-refractivity contribution in [2.75, 3.05) is 11.1 Å². The molecule has 1 heterocycles. The van der Waals surface area contributed by atoms with Crippen LogP contribution in [0.1, 0.15) is 23.2 Å². The predicted octanol–water partition coefficient (Wildman–Crippen LogP) is 3.23. The number of hydrogen-bond acceptors (Lipinski definition) is 6. The van der Waals surface area contributed by atoms with Crippen LogP contribution in [-0.4, -0.2) is 27.8 Å². The molecule has 7 heteroatoms. The van der Waals surface area contributed by atoms with Gasteiger partial charge in [-0.05, 0) is 37.1 Å². The summed E-state index contributed by atoms with van der Waals surface area (Å²) in [5.74, 6) is -0.0972. The number of nitrogens with zero attached hydrogens (tertiary/aromatic N) is 2. The fraction of sp³-hybridized carbons (Fsp3) is 0.308. The van der Waals surface area contributed by atoms with E-state index in [9.17, 15) is 9.18 Å². The van der Waals surface area contributed by atoms with Gasteiger partial charge in [-0.25, -0.2) is 4.39 Å². The zero-order valence-electron chi connectivity index (χ0n) is 10.5. The lowest BCUT2D eigenvalue weighted by molar-refractivity contribution is 0.102. The molecule has 0 spiro atoms. The predicted molar refractivity (Wildman–Crippen MR) is 78.0 cm³/mol. The average Bonchev–Trinajstić information content (AvgIpc) is 3.14. The molecule has 0 bridgehead atoms. The molecule has 0 radical (unpaired) electrons. The van der Waals surface area contributed by atoms with Gasteiger partial charge in [-0.3, -0.25) is 4.79 Å². The van der Waals surface area contributed by atoms with Crippen molar-refractivity contribution >= 4 is 34.0 Å². The number of anilines is 1. The number of nitrogens with one attached hydrogen (secondary N) is 1. The fourth-order valence-electron chi connectivity index (χ4n) is 1.58. The van der Waals surface area contributed by atoms with E-state index in [1.54, 1.807) is 0 Å². The lowest BCUT2D eigenvalue weighted by Crippen LogP contribution is -2.01. The minimum Gasteiger partial charge on any atom is -0.357 e. The number of halogens is 1. The van der Waals surface area contributed by atoms with Gasteiger partial charge in [0.15, 0.2) is 10.1 Å². The van der Waals surface area contributed by atoms with E-state index in [4.69, 9.17) is 0 Å². The van der Waals surface area contributed by atoms with Crippen LogP contribution in [0.5, 0.6) is 0 Å². The van der Waals surface area contributed by atoms with Gasteiger partial charge in [-0.2, -0.15) is 0 Å². The molecule has 1 aromatic carbocycles. The fourth-order valence-corrected chi connectivity index (χ4v) is 3.30. The number of carbonyl (C=O) groups excluding carboxylic acids is 1. The Morgan fingerprint density at radius 3 is 2.80 bits per heavy atom. The first-order chi connectivity index (χ1) is 9.70. The number of carbonyl (C=O) groups is 1. The van der Waals surface area contributed by atoms with Crippen molar-refractivity contribution in [2.45, 2.75) is 23.2 Å². The third kappa shape index (κ3) is 3.55. The summed E-state index contributed by atoms with van der Waals surface area (Å²) in [5, 5.41) is 12.1. The van der Waals surface area contributed by atoms with Gasteiger partial charge in [0.2, 0.25) is 5.13 Å². The van der Waals surface area contributed by atoms with E-state index in [2.05, 4.69) is 15.5 Å². The lowest BCUT2D eigenvalue weighted by Gasteiger charge is -1.98. The summed E-state index contributed by atoms with van der Waals surface area (Å²) in [7, 11) is 0. The molecule has 1 N–H and O–H groups in total. The van der Waals surface area contributed by atoms with Gasteiger partial charge >= 0.3 is 0 Å². The van der Waals surface area contributed by atoms with Gasteiger partial charge < -0.3 is 5.32 Å². The third-order valence-corrected chi connectivity index (χ3v) is 4.79. The molecule has 0 aliphatic heterocycles. The molecular formula is C13H12FN3OS2. The first kappa shape index (κ1) is 13.5. The maximum atomic E-state index is 12.8. The van der Waals surface area contributed by atoms with Crippen molar-refractivity contribution in [3.8, 4) is 0 Å². The largest absolute Gasteiger partial charge is 0.357 e. The van der Waals surface area contributed by atoms with Crippen LogP contribution in [0.4, 0.5) is 9.52 Å². The van der Waals surface area contributed by atoms with Gasteiger partial charge in [-0.1, -0.05) is 23.1 Å². The smallest absolute Gasteiger partial charge is 0.206 e. The first-order valence-corrected chi connectivity index (χ1v) is 8.02. The normalized spacial score (nSPS) is 14.2. The molecule has 0 saturated heterocycles. The summed E-state index contributed by atoms with van der Waals surface area (Å²) in [6.45, 7) is 0. The maximum absolute atomic E-state index is 12.8. The van der Waals surface area contributed by atoms with Crippen molar-refractivity contribution in [1.82, 2.24) is 10.2 Å². The monoisotopic (exact) mass is 309 g/mol. The number of Topliss-reactive ketones (excluding diaryl/α,β-unsaturated/α-hetero) is 1. The lowest BCUT2D eigenvalue weighted by atomic mass is 10.1. The number of thioether (sulfide) groups is 1. The Bertz CT molecular complexity index is 610. The summed E-state index contributed by atoms with van der Waals surface area (Å²) >= 11 is 2.82. The van der Waals surface area contributed by atoms with Crippen LogP contribution in [0, 0.1) is 5.82 Å². The van der Waals surface area contributed by atoms with E-state index < -0.39 is 0 Å². The van der Waals surface area contributed by atoms with Crippen LogP contribution < -0.4 is 5.32 Å². The van der Waals surface area contributed by atoms with Gasteiger partial charge in [0.05, 0.1) is 5.75 Å². The topological polar surface area (TPSA) is 54.9 Å². The van der Waals surface area contributed by atoms with Crippen molar-refractivity contribution in [3.05, 3.63) is 35.6 Å². The highest BCUT2D eigenvalue weighted by Gasteiger charge is 2.22. The minimum absolute atomic E-state index is 0.0399. The summed E-state index contributed by atoms with van der Waals surface area (Å²) in [6.07, 6.45) is 2.37. The van der Waals surface area contributed by atoms with Gasteiger partial charge in [0.25, 0.3) is 0 Å². The Balaban J connectivity index is 1.54. The van der Waals surface area contributed by atoms with E-state index in [1.807, 2.05) is 0 Å². The molecule has 1 saturated carbocycles. The SMILES string of the molecule is O=C(CSc1nnc(NC2CC2)s1)c1ccc(F)cc1. The summed E-state index contributed by atoms with van der Waals surface area (Å²) in [5.41, 5.74) is 0.514. The Hall–Kier alpha value is -1.47. The number of hydrogen-bond donors (Lipinski definition) is 1. The highest BCUT2D eigenvalue weighted by Crippen LogP contribution is 2.30. The maximum Gasteiger partial charge on any atom is 0.206 e. The Morgan fingerprint density at radius 1 is 1.35 bits per heavy atom. The van der Waals surface area contributed by atoms with Crippen molar-refractivity contribution in [3.63, 3.8) is 0 Å². The van der Waals surface area contributed by atoms with Gasteiger partial charge in [0.1, 0.15) is 5.82 Å². The Kier molecular flexibility index (Phi) is 3.98. The molecule has 1 aliphatic carbocycles. The number of benzene rings is 1. The van der Waals surface area contributed by atoms with Crippen LogP contribution in [-0.2, 0) is 0 Å². The van der Waals surface area contributed by atoms with Crippen LogP contribution in [0.3, 0.4) is 0 Å². The second kappa shape index (κ2) is 5.88. The van der Waals surface area contributed by atoms with E-state index in [0.717, 1.165) is 9.47 Å². The molecule has 3 rings (SSSR count). The summed E-state index contributed by atoms with van der Waals surface area (Å²) < 4.78 is 13.5. The zero-order valence-corrected chi connectivity index (χ0v) is 12.1. The molecule has 0 unspecified atom stereocenters. The molecule has 0 amide bonds. The Morgan fingerprint density at radius 2 is 2.10 bits per heavy atom. The highest BCUT2D eigenvalue weighted by molar-refractivity contribution is 8.01. The standard InChI is InChI=1S/C13H12FN3OS2/c14-9-3-1-8(2-4-9)11(18)7-19-13-17-16-12(20-13)15-10-5-6-10/h1-4,10H,5-7H2,(H,15,16). The number of rotatable bonds is 6. The molecule has 104 valence electrons. The molecule has 1 fully saturated rings. The Labute approximate surface area is 123 Å². The van der Waals surface area contributed by atoms with E-state index in [-0.39, 0.29) is 17.4 Å². The molecule has 4 nitrogen and oxygen atoms in total. The molecule has 2 aromatic rings. The molecule has 20 heavy (non-hydrogen) atoms. The van der Waals surface area contributed by atoms with Crippen LogP contribution in [0.15, 0.2) is 28.6 Å². The second-order valence-electron chi connectivity index (χ2n) is 4.51. The first-order valence-electron chi connectivity index (χ1n) is 6.22. The van der Waals surface area contributed by atoms with Crippen molar-refractivity contribution in [1.29, 1.82) is 0 Å². The van der Waals surface area contributed by atoms with Gasteiger partial charge in [-0.15, -0.1) is 10.2 Å².